The molecule has 2 unspecified atom stereocenters. The van der Waals surface area contributed by atoms with E-state index in [2.05, 4.69) is 0 Å². The molecule has 2 aliphatic rings. The van der Waals surface area contributed by atoms with E-state index in [1.165, 1.54) is 13.2 Å². The van der Waals surface area contributed by atoms with Crippen LogP contribution in [0.1, 0.15) is 70.4 Å². The smallest absolute Gasteiger partial charge is 0.194 e. The molecule has 140 valence electrons. The number of carbonyl (C=O) groups is 3. The van der Waals surface area contributed by atoms with Gasteiger partial charge in [0.05, 0.1) is 12.2 Å². The number of furan rings is 1. The van der Waals surface area contributed by atoms with Crippen molar-refractivity contribution in [2.75, 3.05) is 0 Å². The summed E-state index contributed by atoms with van der Waals surface area (Å²) in [4.78, 5) is 34.3. The topological polar surface area (TPSA) is 64.3 Å². The van der Waals surface area contributed by atoms with Gasteiger partial charge in [-0.2, -0.15) is 0 Å². The summed E-state index contributed by atoms with van der Waals surface area (Å²) in [5.41, 5.74) is 2.31. The lowest BCUT2D eigenvalue weighted by atomic mass is 9.86. The highest BCUT2D eigenvalue weighted by Crippen LogP contribution is 2.43. The van der Waals surface area contributed by atoms with E-state index in [4.69, 9.17) is 4.42 Å². The molecule has 2 aromatic rings. The SMILES string of the molecule is CC.CC(=O)c1cccc2c1C1C=CC=CC1C2=O.CC(=O)c1ccco1. The van der Waals surface area contributed by atoms with Gasteiger partial charge < -0.3 is 4.42 Å². The molecular weight excluding hydrogens is 340 g/mol. The summed E-state index contributed by atoms with van der Waals surface area (Å²) in [6, 6.07) is 8.75. The van der Waals surface area contributed by atoms with Crippen LogP contribution in [-0.4, -0.2) is 17.3 Å². The fraction of sp³-hybridized carbons (Fsp3) is 0.261. The standard InChI is InChI=1S/C15H12O2.C6H6O2.C2H6/c1-9(16)10-7-4-8-13-14(10)11-5-2-3-6-12(11)15(13)17;1-5(7)6-3-2-4-8-6;1-2/h2-8,11-12H,1H3;2-4H,1H3;1-2H3. The molecule has 1 aromatic heterocycles. The van der Waals surface area contributed by atoms with Crippen molar-refractivity contribution in [1.82, 2.24) is 0 Å². The van der Waals surface area contributed by atoms with Crippen molar-refractivity contribution in [3.8, 4) is 0 Å². The Morgan fingerprint density at radius 2 is 1.56 bits per heavy atom. The third-order valence-corrected chi connectivity index (χ3v) is 4.39. The summed E-state index contributed by atoms with van der Waals surface area (Å²) in [5, 5.41) is 0. The van der Waals surface area contributed by atoms with Crippen LogP contribution in [0.2, 0.25) is 0 Å². The largest absolute Gasteiger partial charge is 0.461 e. The van der Waals surface area contributed by atoms with E-state index in [9.17, 15) is 14.4 Å². The lowest BCUT2D eigenvalue weighted by Gasteiger charge is -2.16. The van der Waals surface area contributed by atoms with Crippen molar-refractivity contribution in [1.29, 1.82) is 0 Å². The highest BCUT2D eigenvalue weighted by atomic mass is 16.3. The van der Waals surface area contributed by atoms with Crippen molar-refractivity contribution < 1.29 is 18.8 Å². The third kappa shape index (κ3) is 4.22. The lowest BCUT2D eigenvalue weighted by Crippen LogP contribution is -2.11. The number of ketones is 3. The Hall–Kier alpha value is -3.01. The van der Waals surface area contributed by atoms with Crippen LogP contribution < -0.4 is 0 Å². The average Bonchev–Trinajstić information content (AvgIpc) is 3.32. The van der Waals surface area contributed by atoms with Gasteiger partial charge in [-0.3, -0.25) is 14.4 Å². The van der Waals surface area contributed by atoms with Gasteiger partial charge in [0.2, 0.25) is 0 Å². The van der Waals surface area contributed by atoms with Crippen molar-refractivity contribution in [3.63, 3.8) is 0 Å². The summed E-state index contributed by atoms with van der Waals surface area (Å²) < 4.78 is 4.75. The first-order chi connectivity index (χ1) is 13.0. The number of hydrogen-bond donors (Lipinski definition) is 0. The van der Waals surface area contributed by atoms with Crippen LogP contribution in [-0.2, 0) is 0 Å². The van der Waals surface area contributed by atoms with Gasteiger partial charge in [0.15, 0.2) is 23.1 Å². The number of allylic oxidation sites excluding steroid dienone is 4. The molecular formula is C23H24O4. The molecule has 4 heteroatoms. The monoisotopic (exact) mass is 364 g/mol. The first-order valence-corrected chi connectivity index (χ1v) is 9.08. The Kier molecular flexibility index (Phi) is 6.83. The Bertz CT molecular complexity index is 885. The van der Waals surface area contributed by atoms with Gasteiger partial charge in [-0.25, -0.2) is 0 Å². The molecule has 0 N–H and O–H groups in total. The molecule has 0 spiro atoms. The van der Waals surface area contributed by atoms with Crippen molar-refractivity contribution in [3.05, 3.63) is 83.3 Å². The van der Waals surface area contributed by atoms with Gasteiger partial charge in [0.25, 0.3) is 0 Å². The highest BCUT2D eigenvalue weighted by Gasteiger charge is 2.39. The normalized spacial score (nSPS) is 18.4. The molecule has 1 aromatic carbocycles. The first-order valence-electron chi connectivity index (χ1n) is 9.08. The molecule has 0 saturated carbocycles. The van der Waals surface area contributed by atoms with Crippen LogP contribution in [0.4, 0.5) is 0 Å². The Labute approximate surface area is 159 Å². The van der Waals surface area contributed by atoms with E-state index in [-0.39, 0.29) is 29.2 Å². The number of rotatable bonds is 2. The van der Waals surface area contributed by atoms with Gasteiger partial charge in [0.1, 0.15) is 0 Å². The minimum atomic E-state index is -0.115. The van der Waals surface area contributed by atoms with Gasteiger partial charge in [-0.15, -0.1) is 0 Å². The molecule has 0 saturated heterocycles. The van der Waals surface area contributed by atoms with E-state index < -0.39 is 0 Å². The number of Topliss-reactive ketones (excluding diaryl/α,β-unsaturated/α-hetero) is 3. The van der Waals surface area contributed by atoms with E-state index in [0.29, 0.717) is 16.9 Å². The zero-order valence-corrected chi connectivity index (χ0v) is 16.1. The fourth-order valence-electron chi connectivity index (χ4n) is 3.24. The number of carbonyl (C=O) groups excluding carboxylic acids is 3. The van der Waals surface area contributed by atoms with E-state index in [0.717, 1.165) is 5.56 Å². The maximum Gasteiger partial charge on any atom is 0.194 e. The van der Waals surface area contributed by atoms with Crippen molar-refractivity contribution >= 4 is 17.3 Å². The van der Waals surface area contributed by atoms with E-state index in [1.54, 1.807) is 25.1 Å². The van der Waals surface area contributed by atoms with Crippen LogP contribution in [0, 0.1) is 5.92 Å². The molecule has 4 nitrogen and oxygen atoms in total. The predicted octanol–water partition coefficient (Wildman–Crippen LogP) is 5.42. The van der Waals surface area contributed by atoms with Crippen LogP contribution in [0.5, 0.6) is 0 Å². The summed E-state index contributed by atoms with van der Waals surface area (Å²) in [6.07, 6.45) is 9.27. The summed E-state index contributed by atoms with van der Waals surface area (Å²) in [7, 11) is 0. The molecule has 0 aliphatic heterocycles. The molecule has 0 bridgehead atoms. The molecule has 0 fully saturated rings. The highest BCUT2D eigenvalue weighted by molar-refractivity contribution is 6.09. The maximum absolute atomic E-state index is 12.2. The zero-order chi connectivity index (χ0) is 20.0. The lowest BCUT2D eigenvalue weighted by molar-refractivity contribution is 0.0952. The zero-order valence-electron chi connectivity index (χ0n) is 16.1. The van der Waals surface area contributed by atoms with Gasteiger partial charge >= 0.3 is 0 Å². The molecule has 2 atom stereocenters. The second-order valence-electron chi connectivity index (χ2n) is 6.04. The Morgan fingerprint density at radius 1 is 0.889 bits per heavy atom. The number of hydrogen-bond acceptors (Lipinski definition) is 4. The Balaban J connectivity index is 0.000000220. The summed E-state index contributed by atoms with van der Waals surface area (Å²) in [6.45, 7) is 7.02. The summed E-state index contributed by atoms with van der Waals surface area (Å²) in [5.74, 6) is 0.477. The molecule has 0 radical (unpaired) electrons. The van der Waals surface area contributed by atoms with Gasteiger partial charge in [0, 0.05) is 24.0 Å². The van der Waals surface area contributed by atoms with Crippen LogP contribution >= 0.6 is 0 Å². The predicted molar refractivity (Wildman–Crippen MR) is 105 cm³/mol. The van der Waals surface area contributed by atoms with Crippen LogP contribution in [0.15, 0.2) is 65.3 Å². The molecule has 2 aliphatic carbocycles. The Morgan fingerprint density at radius 3 is 2.07 bits per heavy atom. The molecule has 4 rings (SSSR count). The number of benzene rings is 1. The molecule has 0 amide bonds. The first kappa shape index (κ1) is 20.3. The summed E-state index contributed by atoms with van der Waals surface area (Å²) >= 11 is 0. The minimum absolute atomic E-state index is 0.0262. The maximum atomic E-state index is 12.2. The second kappa shape index (κ2) is 9.08. The second-order valence-corrected chi connectivity index (χ2v) is 6.04. The van der Waals surface area contributed by atoms with Crippen LogP contribution in [0.25, 0.3) is 0 Å². The quantitative estimate of drug-likeness (QED) is 0.668. The van der Waals surface area contributed by atoms with Crippen molar-refractivity contribution in [2.24, 2.45) is 5.92 Å². The third-order valence-electron chi connectivity index (χ3n) is 4.39. The van der Waals surface area contributed by atoms with Gasteiger partial charge in [-0.1, -0.05) is 56.4 Å². The molecule has 27 heavy (non-hydrogen) atoms. The van der Waals surface area contributed by atoms with Crippen LogP contribution in [0.3, 0.4) is 0 Å². The average molecular weight is 364 g/mol. The molecule has 1 heterocycles. The minimum Gasteiger partial charge on any atom is -0.461 e. The fourth-order valence-corrected chi connectivity index (χ4v) is 3.24. The van der Waals surface area contributed by atoms with E-state index >= 15 is 0 Å². The van der Waals surface area contributed by atoms with E-state index in [1.807, 2.05) is 50.3 Å². The number of fused-ring (bicyclic) bond motifs is 3. The van der Waals surface area contributed by atoms with Crippen molar-refractivity contribution in [2.45, 2.75) is 33.6 Å². The van der Waals surface area contributed by atoms with Gasteiger partial charge in [-0.05, 0) is 24.6 Å².